The average Bonchev–Trinajstić information content (AvgIpc) is 2.70. The highest BCUT2D eigenvalue weighted by Crippen LogP contribution is 2.17. The maximum atomic E-state index is 5.73. The number of nitrogens with one attached hydrogen (secondary N) is 1. The van der Waals surface area contributed by atoms with Gasteiger partial charge in [0.15, 0.2) is 0 Å². The lowest BCUT2D eigenvalue weighted by molar-refractivity contribution is 0.138. The Bertz CT molecular complexity index is 351. The van der Waals surface area contributed by atoms with E-state index in [1.807, 2.05) is 19.9 Å². The van der Waals surface area contributed by atoms with Gasteiger partial charge in [0, 0.05) is 19.0 Å². The highest BCUT2D eigenvalue weighted by molar-refractivity contribution is 5.38. The molecule has 16 heavy (non-hydrogen) atoms. The van der Waals surface area contributed by atoms with Crippen molar-refractivity contribution in [1.29, 1.82) is 0 Å². The molecule has 1 aromatic heterocycles. The molecular formula is C11H17N3O2. The van der Waals surface area contributed by atoms with Crippen molar-refractivity contribution in [3.05, 3.63) is 11.9 Å². The van der Waals surface area contributed by atoms with Crippen LogP contribution in [0, 0.1) is 6.92 Å². The predicted octanol–water partition coefficient (Wildman–Crippen LogP) is 1.38. The Labute approximate surface area is 95.2 Å². The van der Waals surface area contributed by atoms with E-state index in [4.69, 9.17) is 9.47 Å². The smallest absolute Gasteiger partial charge is 0.219 e. The van der Waals surface area contributed by atoms with Gasteiger partial charge >= 0.3 is 0 Å². The van der Waals surface area contributed by atoms with E-state index in [0.29, 0.717) is 18.3 Å². The standard InChI is InChI=1S/C11H17N3O2/c1-3-12-10-6-11(14-8(2)13-10)16-9-4-5-15-7-9/h6,9H,3-5,7H2,1-2H3,(H,12,13,14). The second-order valence-electron chi connectivity index (χ2n) is 3.77. The molecule has 1 N–H and O–H groups in total. The molecule has 2 rings (SSSR count). The predicted molar refractivity (Wildman–Crippen MR) is 60.8 cm³/mol. The van der Waals surface area contributed by atoms with Crippen LogP contribution in [0.2, 0.25) is 0 Å². The van der Waals surface area contributed by atoms with E-state index >= 15 is 0 Å². The van der Waals surface area contributed by atoms with Crippen molar-refractivity contribution < 1.29 is 9.47 Å². The molecule has 1 aliphatic heterocycles. The van der Waals surface area contributed by atoms with E-state index in [0.717, 1.165) is 25.4 Å². The summed E-state index contributed by atoms with van der Waals surface area (Å²) in [7, 11) is 0. The summed E-state index contributed by atoms with van der Waals surface area (Å²) in [5.41, 5.74) is 0. The molecule has 1 saturated heterocycles. The molecule has 1 fully saturated rings. The van der Waals surface area contributed by atoms with Crippen molar-refractivity contribution in [2.75, 3.05) is 25.1 Å². The third kappa shape index (κ3) is 2.82. The van der Waals surface area contributed by atoms with Crippen LogP contribution < -0.4 is 10.1 Å². The Morgan fingerprint density at radius 1 is 1.56 bits per heavy atom. The number of hydrogen-bond donors (Lipinski definition) is 1. The zero-order valence-electron chi connectivity index (χ0n) is 9.69. The van der Waals surface area contributed by atoms with Crippen molar-refractivity contribution in [3.63, 3.8) is 0 Å². The first kappa shape index (κ1) is 11.1. The average molecular weight is 223 g/mol. The molecule has 0 aliphatic carbocycles. The van der Waals surface area contributed by atoms with Crippen LogP contribution in [0.1, 0.15) is 19.2 Å². The summed E-state index contributed by atoms with van der Waals surface area (Å²) in [5.74, 6) is 2.15. The monoisotopic (exact) mass is 223 g/mol. The van der Waals surface area contributed by atoms with Crippen molar-refractivity contribution in [1.82, 2.24) is 9.97 Å². The molecule has 1 aliphatic rings. The van der Waals surface area contributed by atoms with Crippen molar-refractivity contribution in [3.8, 4) is 5.88 Å². The van der Waals surface area contributed by atoms with Crippen LogP contribution in [0.15, 0.2) is 6.07 Å². The highest BCUT2D eigenvalue weighted by Gasteiger charge is 2.18. The zero-order chi connectivity index (χ0) is 11.4. The molecule has 0 aromatic carbocycles. The first-order valence-electron chi connectivity index (χ1n) is 5.62. The van der Waals surface area contributed by atoms with E-state index in [1.165, 1.54) is 0 Å². The molecule has 1 atom stereocenters. The number of rotatable bonds is 4. The van der Waals surface area contributed by atoms with Crippen LogP contribution in [-0.4, -0.2) is 35.8 Å². The fraction of sp³-hybridized carbons (Fsp3) is 0.636. The van der Waals surface area contributed by atoms with Gasteiger partial charge in [-0.05, 0) is 13.8 Å². The summed E-state index contributed by atoms with van der Waals surface area (Å²) in [5, 5.41) is 3.15. The molecule has 0 spiro atoms. The minimum absolute atomic E-state index is 0.128. The molecule has 0 radical (unpaired) electrons. The van der Waals surface area contributed by atoms with E-state index in [-0.39, 0.29) is 6.10 Å². The third-order valence-corrected chi connectivity index (χ3v) is 2.35. The topological polar surface area (TPSA) is 56.3 Å². The van der Waals surface area contributed by atoms with E-state index < -0.39 is 0 Å². The van der Waals surface area contributed by atoms with Crippen LogP contribution >= 0.6 is 0 Å². The lowest BCUT2D eigenvalue weighted by Crippen LogP contribution is -2.17. The molecule has 1 aromatic rings. The normalized spacial score (nSPS) is 19.8. The highest BCUT2D eigenvalue weighted by atomic mass is 16.5. The number of aryl methyl sites for hydroxylation is 1. The van der Waals surface area contributed by atoms with E-state index in [2.05, 4.69) is 15.3 Å². The molecule has 5 heteroatoms. The summed E-state index contributed by atoms with van der Waals surface area (Å²) in [6, 6.07) is 1.83. The first-order chi connectivity index (χ1) is 7.78. The minimum atomic E-state index is 0.128. The van der Waals surface area contributed by atoms with Gasteiger partial charge in [0.05, 0.1) is 13.2 Å². The molecular weight excluding hydrogens is 206 g/mol. The van der Waals surface area contributed by atoms with Crippen molar-refractivity contribution in [2.24, 2.45) is 0 Å². The number of ether oxygens (including phenoxy) is 2. The number of nitrogens with zero attached hydrogens (tertiary/aromatic N) is 2. The molecule has 0 amide bonds. The Morgan fingerprint density at radius 2 is 2.44 bits per heavy atom. The Balaban J connectivity index is 2.06. The Kier molecular flexibility index (Phi) is 3.56. The molecule has 0 saturated carbocycles. The molecule has 88 valence electrons. The maximum Gasteiger partial charge on any atom is 0.219 e. The summed E-state index contributed by atoms with van der Waals surface area (Å²) in [6.45, 7) is 6.15. The van der Waals surface area contributed by atoms with Crippen molar-refractivity contribution >= 4 is 5.82 Å². The van der Waals surface area contributed by atoms with Crippen molar-refractivity contribution in [2.45, 2.75) is 26.4 Å². The second kappa shape index (κ2) is 5.12. The number of aromatic nitrogens is 2. The quantitative estimate of drug-likeness (QED) is 0.835. The maximum absolute atomic E-state index is 5.73. The van der Waals surface area contributed by atoms with Gasteiger partial charge in [-0.15, -0.1) is 0 Å². The fourth-order valence-corrected chi connectivity index (χ4v) is 1.65. The first-order valence-corrected chi connectivity index (χ1v) is 5.62. The van der Waals surface area contributed by atoms with Gasteiger partial charge in [-0.25, -0.2) is 4.98 Å². The molecule has 0 bridgehead atoms. The summed E-state index contributed by atoms with van der Waals surface area (Å²) < 4.78 is 11.0. The van der Waals surface area contributed by atoms with Gasteiger partial charge in [-0.2, -0.15) is 4.98 Å². The fourth-order valence-electron chi connectivity index (χ4n) is 1.65. The van der Waals surface area contributed by atoms with Gasteiger partial charge < -0.3 is 14.8 Å². The second-order valence-corrected chi connectivity index (χ2v) is 3.77. The van der Waals surface area contributed by atoms with Crippen LogP contribution in [-0.2, 0) is 4.74 Å². The van der Waals surface area contributed by atoms with Gasteiger partial charge in [-0.3, -0.25) is 0 Å². The summed E-state index contributed by atoms with van der Waals surface area (Å²) >= 11 is 0. The van der Waals surface area contributed by atoms with Gasteiger partial charge in [0.25, 0.3) is 0 Å². The molecule has 2 heterocycles. The van der Waals surface area contributed by atoms with Crippen LogP contribution in [0.3, 0.4) is 0 Å². The molecule has 1 unspecified atom stereocenters. The summed E-state index contributed by atoms with van der Waals surface area (Å²) in [4.78, 5) is 8.52. The van der Waals surface area contributed by atoms with E-state index in [1.54, 1.807) is 0 Å². The minimum Gasteiger partial charge on any atom is -0.472 e. The van der Waals surface area contributed by atoms with E-state index in [9.17, 15) is 0 Å². The third-order valence-electron chi connectivity index (χ3n) is 2.35. The van der Waals surface area contributed by atoms with Crippen LogP contribution in [0.5, 0.6) is 5.88 Å². The van der Waals surface area contributed by atoms with Gasteiger partial charge in [0.2, 0.25) is 5.88 Å². The largest absolute Gasteiger partial charge is 0.472 e. The molecule has 5 nitrogen and oxygen atoms in total. The van der Waals surface area contributed by atoms with Gasteiger partial charge in [-0.1, -0.05) is 0 Å². The van der Waals surface area contributed by atoms with Crippen LogP contribution in [0.4, 0.5) is 5.82 Å². The SMILES string of the molecule is CCNc1cc(OC2CCOC2)nc(C)n1. The zero-order valence-corrected chi connectivity index (χ0v) is 9.69. The van der Waals surface area contributed by atoms with Gasteiger partial charge in [0.1, 0.15) is 17.7 Å². The number of anilines is 1. The Hall–Kier alpha value is -1.36. The number of hydrogen-bond acceptors (Lipinski definition) is 5. The lowest BCUT2D eigenvalue weighted by Gasteiger charge is -2.12. The van der Waals surface area contributed by atoms with Crippen LogP contribution in [0.25, 0.3) is 0 Å². The lowest BCUT2D eigenvalue weighted by atomic mass is 10.3. The Morgan fingerprint density at radius 3 is 3.12 bits per heavy atom. The summed E-state index contributed by atoms with van der Waals surface area (Å²) in [6.07, 6.45) is 1.06.